The van der Waals surface area contributed by atoms with Crippen LogP contribution in [0.3, 0.4) is 0 Å². The molecule has 2 heterocycles. The van der Waals surface area contributed by atoms with Gasteiger partial charge in [0, 0.05) is 11.1 Å². The molecule has 0 aliphatic rings. The minimum Gasteiger partial charge on any atom is -0.284 e. The minimum atomic E-state index is 0.115. The Labute approximate surface area is 110 Å². The second-order valence-corrected chi connectivity index (χ2v) is 6.44. The van der Waals surface area contributed by atoms with E-state index in [9.17, 15) is 0 Å². The number of thiophene rings is 1. The van der Waals surface area contributed by atoms with Crippen LogP contribution in [0.2, 0.25) is 4.34 Å². The van der Waals surface area contributed by atoms with Gasteiger partial charge < -0.3 is 0 Å². The molecule has 0 aliphatic carbocycles. The molecule has 17 heavy (non-hydrogen) atoms. The fourth-order valence-electron chi connectivity index (χ4n) is 1.28. The molecule has 0 amide bonds. The van der Waals surface area contributed by atoms with Gasteiger partial charge in [-0.05, 0) is 11.5 Å². The molecular weight excluding hydrogens is 252 g/mol. The number of nitrogens with zero attached hydrogens (tertiary/aromatic N) is 1. The molecule has 2 rings (SSSR count). The molecule has 0 saturated carbocycles. The monoisotopic (exact) mass is 264 g/mol. The Morgan fingerprint density at radius 1 is 1.35 bits per heavy atom. The zero-order valence-electron chi connectivity index (χ0n) is 9.97. The maximum absolute atomic E-state index is 6.18. The van der Waals surface area contributed by atoms with Crippen molar-refractivity contribution in [2.24, 2.45) is 0 Å². The van der Waals surface area contributed by atoms with E-state index in [1.807, 2.05) is 0 Å². The Kier molecular flexibility index (Phi) is 3.28. The maximum Gasteiger partial charge on any atom is 0.109 e. The van der Waals surface area contributed by atoms with Crippen molar-refractivity contribution < 1.29 is 0 Å². The first-order valence-corrected chi connectivity index (χ1v) is 6.47. The molecule has 0 bridgehead atoms. The van der Waals surface area contributed by atoms with Gasteiger partial charge in [-0.3, -0.25) is 5.10 Å². The molecule has 0 saturated heterocycles. The highest BCUT2D eigenvalue weighted by molar-refractivity contribution is 7.16. The van der Waals surface area contributed by atoms with E-state index in [4.69, 9.17) is 11.6 Å². The summed E-state index contributed by atoms with van der Waals surface area (Å²) < 4.78 is 0.755. The predicted molar refractivity (Wildman–Crippen MR) is 72.6 cm³/mol. The fourth-order valence-corrected chi connectivity index (χ4v) is 2.53. The quantitative estimate of drug-likeness (QED) is 0.720. The van der Waals surface area contributed by atoms with E-state index in [1.165, 1.54) is 4.88 Å². The Hall–Kier alpha value is -1.24. The molecule has 0 spiro atoms. The van der Waals surface area contributed by atoms with E-state index in [0.29, 0.717) is 0 Å². The molecular formula is C13H13ClN2S. The highest BCUT2D eigenvalue weighted by atomic mass is 35.5. The number of aromatic amines is 1. The second kappa shape index (κ2) is 4.56. The van der Waals surface area contributed by atoms with Gasteiger partial charge in [0.25, 0.3) is 0 Å². The van der Waals surface area contributed by atoms with Gasteiger partial charge in [-0.25, -0.2) is 0 Å². The van der Waals surface area contributed by atoms with Gasteiger partial charge in [0.2, 0.25) is 0 Å². The lowest BCUT2D eigenvalue weighted by Gasteiger charge is -2.14. The molecule has 0 unspecified atom stereocenters. The SMILES string of the molecule is CC(C)(C)c1cc(C#Cc2cn[nH]c2)c(Cl)s1. The van der Waals surface area contributed by atoms with E-state index in [2.05, 4.69) is 48.9 Å². The van der Waals surface area contributed by atoms with Crippen LogP contribution in [0.4, 0.5) is 0 Å². The molecule has 88 valence electrons. The number of aromatic nitrogens is 2. The number of H-pyrrole nitrogens is 1. The van der Waals surface area contributed by atoms with Gasteiger partial charge in [-0.15, -0.1) is 11.3 Å². The van der Waals surface area contributed by atoms with Crippen LogP contribution >= 0.6 is 22.9 Å². The van der Waals surface area contributed by atoms with Crippen molar-refractivity contribution in [2.75, 3.05) is 0 Å². The summed E-state index contributed by atoms with van der Waals surface area (Å²) in [7, 11) is 0. The molecule has 0 radical (unpaired) electrons. The smallest absolute Gasteiger partial charge is 0.109 e. The Morgan fingerprint density at radius 3 is 2.65 bits per heavy atom. The van der Waals surface area contributed by atoms with E-state index >= 15 is 0 Å². The van der Waals surface area contributed by atoms with Crippen molar-refractivity contribution in [3.05, 3.63) is 38.8 Å². The highest BCUT2D eigenvalue weighted by Gasteiger charge is 2.18. The summed E-state index contributed by atoms with van der Waals surface area (Å²) in [6, 6.07) is 2.07. The van der Waals surface area contributed by atoms with Gasteiger partial charge in [0.15, 0.2) is 0 Å². The second-order valence-electron chi connectivity index (χ2n) is 4.79. The third-order valence-electron chi connectivity index (χ3n) is 2.27. The standard InChI is InChI=1S/C13H13ClN2S/c1-13(2,3)11-6-10(12(14)17-11)5-4-9-7-15-16-8-9/h6-8H,1-3H3,(H,15,16). The van der Waals surface area contributed by atoms with Gasteiger partial charge >= 0.3 is 0 Å². The summed E-state index contributed by atoms with van der Waals surface area (Å²) in [5.41, 5.74) is 1.87. The van der Waals surface area contributed by atoms with Gasteiger partial charge in [-0.2, -0.15) is 5.10 Å². The molecule has 1 N–H and O–H groups in total. The molecule has 2 nitrogen and oxygen atoms in total. The van der Waals surface area contributed by atoms with E-state index in [1.54, 1.807) is 23.7 Å². The summed E-state index contributed by atoms with van der Waals surface area (Å²) in [5, 5.41) is 6.57. The first-order valence-electron chi connectivity index (χ1n) is 5.27. The third-order valence-corrected chi connectivity index (χ3v) is 4.05. The van der Waals surface area contributed by atoms with Crippen molar-refractivity contribution in [2.45, 2.75) is 26.2 Å². The van der Waals surface area contributed by atoms with Crippen LogP contribution in [0.5, 0.6) is 0 Å². The zero-order chi connectivity index (χ0) is 12.5. The lowest BCUT2D eigenvalue weighted by molar-refractivity contribution is 0.604. The predicted octanol–water partition coefficient (Wildman–Crippen LogP) is 3.82. The number of hydrogen-bond donors (Lipinski definition) is 1. The molecule has 4 heteroatoms. The van der Waals surface area contributed by atoms with Crippen LogP contribution < -0.4 is 0 Å². The van der Waals surface area contributed by atoms with Crippen molar-refractivity contribution in [3.63, 3.8) is 0 Å². The van der Waals surface area contributed by atoms with E-state index in [-0.39, 0.29) is 5.41 Å². The summed E-state index contributed by atoms with van der Waals surface area (Å²) in [6.07, 6.45) is 3.45. The van der Waals surface area contributed by atoms with Crippen molar-refractivity contribution in [1.29, 1.82) is 0 Å². The van der Waals surface area contributed by atoms with Crippen LogP contribution in [0.25, 0.3) is 0 Å². The number of nitrogens with one attached hydrogen (secondary N) is 1. The lowest BCUT2D eigenvalue weighted by Crippen LogP contribution is -2.07. The summed E-state index contributed by atoms with van der Waals surface area (Å²) in [4.78, 5) is 1.25. The normalized spacial score (nSPS) is 11.1. The number of rotatable bonds is 0. The minimum absolute atomic E-state index is 0.115. The summed E-state index contributed by atoms with van der Waals surface area (Å²) in [5.74, 6) is 6.10. The number of hydrogen-bond acceptors (Lipinski definition) is 2. The van der Waals surface area contributed by atoms with Crippen LogP contribution in [0.1, 0.15) is 36.8 Å². The van der Waals surface area contributed by atoms with Crippen LogP contribution in [-0.2, 0) is 5.41 Å². The molecule has 0 aliphatic heterocycles. The van der Waals surface area contributed by atoms with Gasteiger partial charge in [0.1, 0.15) is 4.34 Å². The summed E-state index contributed by atoms with van der Waals surface area (Å²) >= 11 is 7.78. The lowest BCUT2D eigenvalue weighted by atomic mass is 9.94. The van der Waals surface area contributed by atoms with Crippen LogP contribution in [-0.4, -0.2) is 10.2 Å². The Morgan fingerprint density at radius 2 is 2.12 bits per heavy atom. The fraction of sp³-hybridized carbons (Fsp3) is 0.308. The van der Waals surface area contributed by atoms with Crippen LogP contribution in [0.15, 0.2) is 18.5 Å². The van der Waals surface area contributed by atoms with Crippen molar-refractivity contribution in [3.8, 4) is 11.8 Å². The molecule has 2 aromatic heterocycles. The zero-order valence-corrected chi connectivity index (χ0v) is 11.5. The first-order chi connectivity index (χ1) is 7.97. The maximum atomic E-state index is 6.18. The van der Waals surface area contributed by atoms with Crippen molar-refractivity contribution >= 4 is 22.9 Å². The molecule has 0 fully saturated rings. The summed E-state index contributed by atoms with van der Waals surface area (Å²) in [6.45, 7) is 6.51. The topological polar surface area (TPSA) is 28.7 Å². The molecule has 0 atom stereocenters. The van der Waals surface area contributed by atoms with Crippen LogP contribution in [0, 0.1) is 11.8 Å². The van der Waals surface area contributed by atoms with Crippen molar-refractivity contribution in [1.82, 2.24) is 10.2 Å². The third kappa shape index (κ3) is 2.91. The van der Waals surface area contributed by atoms with E-state index in [0.717, 1.165) is 15.5 Å². The highest BCUT2D eigenvalue weighted by Crippen LogP contribution is 2.35. The van der Waals surface area contributed by atoms with E-state index < -0.39 is 0 Å². The van der Waals surface area contributed by atoms with Gasteiger partial charge in [0.05, 0.1) is 17.3 Å². The Bertz CT molecular complexity index is 565. The van der Waals surface area contributed by atoms with Gasteiger partial charge in [-0.1, -0.05) is 44.2 Å². The number of halogens is 1. The molecule has 0 aromatic carbocycles. The average Bonchev–Trinajstić information content (AvgIpc) is 2.83. The largest absolute Gasteiger partial charge is 0.284 e. The first kappa shape index (κ1) is 12.2. The Balaban J connectivity index is 2.31. The average molecular weight is 265 g/mol. The molecule has 2 aromatic rings.